The minimum atomic E-state index is -0.279. The van der Waals surface area contributed by atoms with E-state index < -0.39 is 0 Å². The van der Waals surface area contributed by atoms with Gasteiger partial charge in [0, 0.05) is 6.54 Å². The quantitative estimate of drug-likeness (QED) is 0.881. The van der Waals surface area contributed by atoms with Crippen LogP contribution in [0.5, 0.6) is 0 Å². The van der Waals surface area contributed by atoms with Gasteiger partial charge >= 0.3 is 0 Å². The van der Waals surface area contributed by atoms with Crippen molar-refractivity contribution in [3.05, 3.63) is 23.0 Å². The Labute approximate surface area is 120 Å². The van der Waals surface area contributed by atoms with Gasteiger partial charge in [-0.1, -0.05) is 19.8 Å². The molecule has 0 bridgehead atoms. The smallest absolute Gasteiger partial charge is 0.253 e. The van der Waals surface area contributed by atoms with Gasteiger partial charge in [-0.25, -0.2) is 0 Å². The first kappa shape index (κ1) is 14.9. The lowest BCUT2D eigenvalue weighted by Gasteiger charge is -2.42. The summed E-state index contributed by atoms with van der Waals surface area (Å²) in [6.45, 7) is 6.30. The summed E-state index contributed by atoms with van der Waals surface area (Å²) in [6.07, 6.45) is 4.40. The molecule has 1 aliphatic carbocycles. The molecule has 3 N–H and O–H groups in total. The Hall–Kier alpha value is -1.49. The molecule has 20 heavy (non-hydrogen) atoms. The van der Waals surface area contributed by atoms with Crippen molar-refractivity contribution in [3.63, 3.8) is 0 Å². The molecule has 1 fully saturated rings. The van der Waals surface area contributed by atoms with Crippen LogP contribution in [-0.2, 0) is 0 Å². The van der Waals surface area contributed by atoms with Crippen LogP contribution in [0.1, 0.15) is 54.4 Å². The van der Waals surface area contributed by atoms with Gasteiger partial charge in [-0.15, -0.1) is 0 Å². The number of nitrogens with one attached hydrogen (secondary N) is 1. The molecule has 1 amide bonds. The summed E-state index contributed by atoms with van der Waals surface area (Å²) < 4.78 is 0. The molecule has 0 saturated heterocycles. The topological polar surface area (TPSA) is 80.9 Å². The molecule has 1 saturated carbocycles. The highest BCUT2D eigenvalue weighted by molar-refractivity contribution is 5.95. The lowest BCUT2D eigenvalue weighted by molar-refractivity contribution is 0.0811. The van der Waals surface area contributed by atoms with Crippen molar-refractivity contribution < 1.29 is 4.79 Å². The van der Waals surface area contributed by atoms with Gasteiger partial charge in [0.15, 0.2) is 0 Å². The summed E-state index contributed by atoms with van der Waals surface area (Å²) in [5, 5.41) is 11.2. The zero-order valence-electron chi connectivity index (χ0n) is 12.6. The fraction of sp³-hybridized carbons (Fsp3) is 0.667. The van der Waals surface area contributed by atoms with Gasteiger partial charge in [0.1, 0.15) is 0 Å². The largest absolute Gasteiger partial charge is 0.345 e. The molecule has 0 aliphatic heterocycles. The Balaban J connectivity index is 2.23. The second kappa shape index (κ2) is 5.87. The third-order valence-corrected chi connectivity index (χ3v) is 4.53. The highest BCUT2D eigenvalue weighted by atomic mass is 16.1. The van der Waals surface area contributed by atoms with Crippen LogP contribution in [0.4, 0.5) is 0 Å². The van der Waals surface area contributed by atoms with E-state index in [1.807, 2.05) is 6.92 Å². The molecule has 2 rings (SSSR count). The maximum absolute atomic E-state index is 12.6. The predicted molar refractivity (Wildman–Crippen MR) is 78.4 cm³/mol. The van der Waals surface area contributed by atoms with Crippen molar-refractivity contribution in [2.45, 2.75) is 52.0 Å². The number of hydrogen-bond acceptors (Lipinski definition) is 4. The first-order chi connectivity index (χ1) is 9.48. The minimum Gasteiger partial charge on any atom is -0.345 e. The highest BCUT2D eigenvalue weighted by Crippen LogP contribution is 2.33. The van der Waals surface area contributed by atoms with E-state index in [2.05, 4.69) is 22.4 Å². The molecule has 1 heterocycles. The molecule has 1 aliphatic rings. The molecule has 0 aromatic carbocycles. The Bertz CT molecular complexity index is 503. The van der Waals surface area contributed by atoms with E-state index >= 15 is 0 Å². The molecule has 2 unspecified atom stereocenters. The van der Waals surface area contributed by atoms with Gasteiger partial charge in [-0.05, 0) is 38.7 Å². The number of hydrogen-bond donors (Lipinski definition) is 2. The number of carbonyl (C=O) groups excluding carboxylic acids is 1. The summed E-state index contributed by atoms with van der Waals surface area (Å²) in [6, 6.07) is 1.79. The van der Waals surface area contributed by atoms with Crippen molar-refractivity contribution in [3.8, 4) is 0 Å². The number of nitrogens with two attached hydrogens (primary N) is 1. The highest BCUT2D eigenvalue weighted by Gasteiger charge is 2.38. The van der Waals surface area contributed by atoms with Crippen LogP contribution in [0.3, 0.4) is 0 Å². The number of carbonyl (C=O) groups is 1. The number of rotatable bonds is 3. The van der Waals surface area contributed by atoms with Gasteiger partial charge in [-0.3, -0.25) is 4.79 Å². The van der Waals surface area contributed by atoms with E-state index in [0.29, 0.717) is 23.7 Å². The second-order valence-electron chi connectivity index (χ2n) is 5.95. The van der Waals surface area contributed by atoms with Gasteiger partial charge in [-0.2, -0.15) is 10.2 Å². The molecule has 0 radical (unpaired) electrons. The molecule has 110 valence electrons. The lowest BCUT2D eigenvalue weighted by Crippen LogP contribution is -2.59. The SMILES string of the molecule is Cc1cc(C(=O)NC2(CN)CCCCC2C)c(C)nn1. The minimum absolute atomic E-state index is 0.0836. The van der Waals surface area contributed by atoms with Crippen LogP contribution in [0.15, 0.2) is 6.07 Å². The normalized spacial score (nSPS) is 26.3. The van der Waals surface area contributed by atoms with Crippen LogP contribution in [0.2, 0.25) is 0 Å². The second-order valence-corrected chi connectivity index (χ2v) is 5.95. The van der Waals surface area contributed by atoms with Crippen LogP contribution in [0.25, 0.3) is 0 Å². The summed E-state index contributed by atoms with van der Waals surface area (Å²) in [4.78, 5) is 12.6. The maximum Gasteiger partial charge on any atom is 0.253 e. The van der Waals surface area contributed by atoms with Crippen molar-refractivity contribution in [1.29, 1.82) is 0 Å². The molecule has 1 aromatic heterocycles. The molecule has 2 atom stereocenters. The summed E-state index contributed by atoms with van der Waals surface area (Å²) in [7, 11) is 0. The molecule has 5 nitrogen and oxygen atoms in total. The van der Waals surface area contributed by atoms with E-state index in [0.717, 1.165) is 25.0 Å². The van der Waals surface area contributed by atoms with Crippen molar-refractivity contribution >= 4 is 5.91 Å². The summed E-state index contributed by atoms with van der Waals surface area (Å²) in [5.74, 6) is 0.320. The fourth-order valence-electron chi connectivity index (χ4n) is 3.03. The average molecular weight is 276 g/mol. The van der Waals surface area contributed by atoms with E-state index in [1.54, 1.807) is 13.0 Å². The molecule has 5 heteroatoms. The zero-order valence-corrected chi connectivity index (χ0v) is 12.6. The van der Waals surface area contributed by atoms with Crippen LogP contribution < -0.4 is 11.1 Å². The number of aryl methyl sites for hydroxylation is 2. The number of amides is 1. The standard InChI is InChI=1S/C15H24N4O/c1-10-6-4-5-7-15(10,9-16)17-14(20)13-8-11(2)18-19-12(13)3/h8,10H,4-7,9,16H2,1-3H3,(H,17,20). The van der Waals surface area contributed by atoms with Crippen LogP contribution in [-0.4, -0.2) is 28.2 Å². The van der Waals surface area contributed by atoms with Crippen molar-refractivity contribution in [1.82, 2.24) is 15.5 Å². The first-order valence-corrected chi connectivity index (χ1v) is 7.32. The molecule has 1 aromatic rings. The van der Waals surface area contributed by atoms with E-state index in [9.17, 15) is 4.79 Å². The van der Waals surface area contributed by atoms with E-state index in [-0.39, 0.29) is 11.4 Å². The Kier molecular flexibility index (Phi) is 4.38. The third-order valence-electron chi connectivity index (χ3n) is 4.53. The fourth-order valence-corrected chi connectivity index (χ4v) is 3.03. The number of aromatic nitrogens is 2. The molecule has 0 spiro atoms. The summed E-state index contributed by atoms with van der Waals surface area (Å²) >= 11 is 0. The predicted octanol–water partition coefficient (Wildman–Crippen LogP) is 1.73. The Morgan fingerprint density at radius 2 is 2.20 bits per heavy atom. The Morgan fingerprint density at radius 1 is 1.45 bits per heavy atom. The number of nitrogens with zero attached hydrogens (tertiary/aromatic N) is 2. The lowest BCUT2D eigenvalue weighted by atomic mass is 9.73. The molecular weight excluding hydrogens is 252 g/mol. The Morgan fingerprint density at radius 3 is 2.85 bits per heavy atom. The maximum atomic E-state index is 12.6. The van der Waals surface area contributed by atoms with Crippen LogP contribution >= 0.6 is 0 Å². The van der Waals surface area contributed by atoms with Gasteiger partial charge in [0.05, 0.1) is 22.5 Å². The van der Waals surface area contributed by atoms with Gasteiger partial charge < -0.3 is 11.1 Å². The van der Waals surface area contributed by atoms with Gasteiger partial charge in [0.2, 0.25) is 0 Å². The van der Waals surface area contributed by atoms with Gasteiger partial charge in [0.25, 0.3) is 5.91 Å². The van der Waals surface area contributed by atoms with Crippen molar-refractivity contribution in [2.24, 2.45) is 11.7 Å². The van der Waals surface area contributed by atoms with E-state index in [4.69, 9.17) is 5.73 Å². The molecular formula is C15H24N4O. The average Bonchev–Trinajstić information content (AvgIpc) is 2.44. The summed E-state index contributed by atoms with van der Waals surface area (Å²) in [5.41, 5.74) is 7.71. The third kappa shape index (κ3) is 2.82. The van der Waals surface area contributed by atoms with Crippen molar-refractivity contribution in [2.75, 3.05) is 6.54 Å². The monoisotopic (exact) mass is 276 g/mol. The van der Waals surface area contributed by atoms with E-state index in [1.165, 1.54) is 6.42 Å². The zero-order chi connectivity index (χ0) is 14.8. The first-order valence-electron chi connectivity index (χ1n) is 7.32. The van der Waals surface area contributed by atoms with Crippen LogP contribution in [0, 0.1) is 19.8 Å².